The fourth-order valence-electron chi connectivity index (χ4n) is 1.85. The number of hydrogen-bond acceptors (Lipinski definition) is 0. The molecule has 0 amide bonds. The highest BCUT2D eigenvalue weighted by Gasteiger charge is 2.02. The van der Waals surface area contributed by atoms with Crippen LogP contribution in [0.15, 0.2) is 12.2 Å². The van der Waals surface area contributed by atoms with E-state index in [9.17, 15) is 0 Å². The Morgan fingerprint density at radius 1 is 1.08 bits per heavy atom. The summed E-state index contributed by atoms with van der Waals surface area (Å²) in [5, 5.41) is 0. The normalized spacial score (nSPS) is 16.3. The molecule has 2 atom stereocenters. The molecule has 0 radical (unpaired) electrons. The fourth-order valence-corrected chi connectivity index (χ4v) is 1.85. The number of hydrogen-bond donors (Lipinski definition) is 0. The van der Waals surface area contributed by atoms with Gasteiger partial charge in [-0.15, -0.1) is 0 Å². The first-order valence-electron chi connectivity index (χ1n) is 5.83. The van der Waals surface area contributed by atoms with Crippen LogP contribution in [0.1, 0.15) is 59.8 Å². The Morgan fingerprint density at radius 2 is 1.77 bits per heavy atom. The predicted octanol–water partition coefficient (Wildman–Crippen LogP) is 4.81. The van der Waals surface area contributed by atoms with Crippen LogP contribution in [0.25, 0.3) is 0 Å². The molecule has 2 unspecified atom stereocenters. The van der Waals surface area contributed by atoms with Crippen molar-refractivity contribution in [2.45, 2.75) is 59.8 Å². The number of allylic oxidation sites excluding steroid dienone is 2. The first-order valence-corrected chi connectivity index (χ1v) is 5.83. The highest BCUT2D eigenvalue weighted by molar-refractivity contribution is 4.82. The van der Waals surface area contributed by atoms with Crippen LogP contribution in [-0.2, 0) is 0 Å². The molecule has 0 spiro atoms. The van der Waals surface area contributed by atoms with Crippen molar-refractivity contribution in [3.05, 3.63) is 12.2 Å². The minimum absolute atomic E-state index is 0.777. The van der Waals surface area contributed by atoms with Crippen molar-refractivity contribution < 1.29 is 0 Å². The summed E-state index contributed by atoms with van der Waals surface area (Å²) in [5.41, 5.74) is 0. The van der Waals surface area contributed by atoms with Crippen molar-refractivity contribution in [1.29, 1.82) is 0 Å². The molecule has 0 nitrogen and oxygen atoms in total. The van der Waals surface area contributed by atoms with E-state index in [0.717, 1.165) is 11.8 Å². The highest BCUT2D eigenvalue weighted by atomic mass is 14.1. The minimum Gasteiger partial charge on any atom is -0.0914 e. The van der Waals surface area contributed by atoms with Gasteiger partial charge in [0, 0.05) is 0 Å². The molecule has 0 bridgehead atoms. The van der Waals surface area contributed by atoms with Gasteiger partial charge in [-0.1, -0.05) is 58.6 Å². The summed E-state index contributed by atoms with van der Waals surface area (Å²) < 4.78 is 0. The molecular weight excluding hydrogens is 156 g/mol. The molecule has 0 fully saturated rings. The van der Waals surface area contributed by atoms with Crippen LogP contribution >= 0.6 is 0 Å². The van der Waals surface area contributed by atoms with E-state index >= 15 is 0 Å². The Balaban J connectivity index is 3.33. The Bertz CT molecular complexity index is 124. The lowest BCUT2D eigenvalue weighted by atomic mass is 9.96. The summed E-state index contributed by atoms with van der Waals surface area (Å²) in [4.78, 5) is 0. The average Bonchev–Trinajstić information content (AvgIpc) is 2.05. The average molecular weight is 182 g/mol. The van der Waals surface area contributed by atoms with Crippen LogP contribution in [0, 0.1) is 11.8 Å². The third-order valence-electron chi connectivity index (χ3n) is 2.66. The van der Waals surface area contributed by atoms with Crippen molar-refractivity contribution in [2.24, 2.45) is 11.8 Å². The van der Waals surface area contributed by atoms with Gasteiger partial charge in [-0.3, -0.25) is 0 Å². The van der Waals surface area contributed by atoms with Crippen molar-refractivity contribution in [3.8, 4) is 0 Å². The minimum atomic E-state index is 0.777. The van der Waals surface area contributed by atoms with Gasteiger partial charge in [-0.2, -0.15) is 0 Å². The van der Waals surface area contributed by atoms with Crippen molar-refractivity contribution in [3.63, 3.8) is 0 Å². The van der Waals surface area contributed by atoms with Crippen molar-refractivity contribution in [2.75, 3.05) is 0 Å². The van der Waals surface area contributed by atoms with Gasteiger partial charge in [0.25, 0.3) is 0 Å². The van der Waals surface area contributed by atoms with E-state index < -0.39 is 0 Å². The molecule has 0 aliphatic rings. The van der Waals surface area contributed by atoms with Gasteiger partial charge in [0.15, 0.2) is 0 Å². The quantitative estimate of drug-likeness (QED) is 0.496. The van der Waals surface area contributed by atoms with Crippen LogP contribution in [0.2, 0.25) is 0 Å². The van der Waals surface area contributed by atoms with Gasteiger partial charge < -0.3 is 0 Å². The molecule has 0 aromatic carbocycles. The maximum atomic E-state index is 2.38. The van der Waals surface area contributed by atoms with Crippen LogP contribution in [0.5, 0.6) is 0 Å². The van der Waals surface area contributed by atoms with E-state index in [1.54, 1.807) is 0 Å². The number of rotatable bonds is 7. The summed E-state index contributed by atoms with van der Waals surface area (Å²) in [5.74, 6) is 1.71. The highest BCUT2D eigenvalue weighted by Crippen LogP contribution is 2.16. The molecule has 0 heteroatoms. The predicted molar refractivity (Wildman–Crippen MR) is 61.9 cm³/mol. The Labute approximate surface area is 84.4 Å². The molecule has 0 aromatic heterocycles. The second-order valence-electron chi connectivity index (χ2n) is 4.33. The van der Waals surface area contributed by atoms with Crippen LogP contribution in [0.3, 0.4) is 0 Å². The van der Waals surface area contributed by atoms with Gasteiger partial charge in [0.2, 0.25) is 0 Å². The third-order valence-corrected chi connectivity index (χ3v) is 2.66. The molecule has 0 N–H and O–H groups in total. The summed E-state index contributed by atoms with van der Waals surface area (Å²) in [7, 11) is 0. The smallest absolute Gasteiger partial charge is 0.0262 e. The molecular formula is C13H26. The monoisotopic (exact) mass is 182 g/mol. The Morgan fingerprint density at radius 3 is 2.31 bits per heavy atom. The molecule has 0 aliphatic carbocycles. The van der Waals surface area contributed by atoms with Crippen LogP contribution in [-0.4, -0.2) is 0 Å². The standard InChI is InChI=1S/C13H26/c1-5-8-12(3)10-7-11-13(4)9-6-2/h5,8,12-13H,6-7,9-11H2,1-4H3. The Kier molecular flexibility index (Phi) is 8.18. The summed E-state index contributed by atoms with van der Waals surface area (Å²) >= 11 is 0. The molecule has 0 saturated heterocycles. The van der Waals surface area contributed by atoms with E-state index in [1.807, 2.05) is 0 Å². The van der Waals surface area contributed by atoms with Crippen molar-refractivity contribution >= 4 is 0 Å². The largest absolute Gasteiger partial charge is 0.0914 e. The van der Waals surface area contributed by atoms with E-state index in [4.69, 9.17) is 0 Å². The van der Waals surface area contributed by atoms with Gasteiger partial charge in [-0.25, -0.2) is 0 Å². The van der Waals surface area contributed by atoms with Gasteiger partial charge in [-0.05, 0) is 25.2 Å². The third kappa shape index (κ3) is 8.08. The van der Waals surface area contributed by atoms with E-state index in [-0.39, 0.29) is 0 Å². The molecule has 0 rings (SSSR count). The van der Waals surface area contributed by atoms with Crippen LogP contribution in [0.4, 0.5) is 0 Å². The molecule has 13 heavy (non-hydrogen) atoms. The molecule has 78 valence electrons. The second kappa shape index (κ2) is 8.34. The summed E-state index contributed by atoms with van der Waals surface area (Å²) in [6, 6.07) is 0. The summed E-state index contributed by atoms with van der Waals surface area (Å²) in [6.45, 7) is 9.07. The van der Waals surface area contributed by atoms with E-state index in [0.29, 0.717) is 0 Å². The lowest BCUT2D eigenvalue weighted by Gasteiger charge is -2.11. The summed E-state index contributed by atoms with van der Waals surface area (Å²) in [6.07, 6.45) is 11.4. The van der Waals surface area contributed by atoms with Gasteiger partial charge in [0.05, 0.1) is 0 Å². The maximum absolute atomic E-state index is 2.38. The SMILES string of the molecule is CC=CC(C)CCCC(C)CCC. The fraction of sp³-hybridized carbons (Fsp3) is 0.846. The lowest BCUT2D eigenvalue weighted by molar-refractivity contribution is 0.444. The molecule has 0 heterocycles. The molecule has 0 aliphatic heterocycles. The Hall–Kier alpha value is -0.260. The van der Waals surface area contributed by atoms with Crippen molar-refractivity contribution in [1.82, 2.24) is 0 Å². The maximum Gasteiger partial charge on any atom is -0.0262 e. The van der Waals surface area contributed by atoms with Gasteiger partial charge in [0.1, 0.15) is 0 Å². The molecule has 0 saturated carbocycles. The zero-order chi connectivity index (χ0) is 10.1. The first-order chi connectivity index (χ1) is 6.20. The van der Waals surface area contributed by atoms with Gasteiger partial charge >= 0.3 is 0 Å². The molecule has 0 aromatic rings. The zero-order valence-electron chi connectivity index (χ0n) is 9.84. The second-order valence-corrected chi connectivity index (χ2v) is 4.33. The first kappa shape index (κ1) is 12.7. The van der Waals surface area contributed by atoms with E-state index in [1.165, 1.54) is 32.1 Å². The van der Waals surface area contributed by atoms with E-state index in [2.05, 4.69) is 39.8 Å². The topological polar surface area (TPSA) is 0 Å². The van der Waals surface area contributed by atoms with Crippen LogP contribution < -0.4 is 0 Å². The lowest BCUT2D eigenvalue weighted by Crippen LogP contribution is -1.96. The zero-order valence-corrected chi connectivity index (χ0v) is 9.84.